The molecule has 36 heavy (non-hydrogen) atoms. The van der Waals surface area contributed by atoms with E-state index in [2.05, 4.69) is 53.2 Å². The van der Waals surface area contributed by atoms with E-state index in [1.807, 2.05) is 0 Å². The topological polar surface area (TPSA) is 172 Å². The fourth-order valence-electron chi connectivity index (χ4n) is 3.37. The van der Waals surface area contributed by atoms with Gasteiger partial charge in [-0.15, -0.1) is 0 Å². The fourth-order valence-corrected chi connectivity index (χ4v) is 3.37. The largest absolute Gasteiger partial charge is 0.329 e. The zero-order valence-electron chi connectivity index (χ0n) is 23.1. The fraction of sp³-hybridized carbons (Fsp3) is 1.00. The van der Waals surface area contributed by atoms with Gasteiger partial charge in [-0.05, 0) is 39.0 Å². The highest BCUT2D eigenvalue weighted by molar-refractivity contribution is 4.60. The Morgan fingerprint density at radius 3 is 0.778 bits per heavy atom. The second kappa shape index (κ2) is 34.5. The average Bonchev–Trinajstić information content (AvgIpc) is 2.89. The van der Waals surface area contributed by atoms with Gasteiger partial charge in [0, 0.05) is 118 Å². The smallest absolute Gasteiger partial charge is 0.00772 e. The van der Waals surface area contributed by atoms with Crippen LogP contribution in [0.4, 0.5) is 0 Å². The van der Waals surface area contributed by atoms with Gasteiger partial charge >= 0.3 is 0 Å². The molecule has 0 spiro atoms. The van der Waals surface area contributed by atoms with E-state index in [9.17, 15) is 0 Å². The second-order valence-electron chi connectivity index (χ2n) is 8.78. The van der Waals surface area contributed by atoms with E-state index in [0.29, 0.717) is 13.1 Å². The standard InChI is InChI=1S/C10H24N4.C8H20N4.C6H18N4/c1-3-11-7-9-13-5-2-6-14-10-8-12-4-1;1-2-10-5-6-12-8-7-11-4-3-9-1;7-1-3-9-5-6-10-4-2-8/h11-14H,1-10H2;9-12H,1-8H2;9-10H,1-8H2. The van der Waals surface area contributed by atoms with Gasteiger partial charge in [-0.2, -0.15) is 0 Å². The molecule has 0 aliphatic carbocycles. The van der Waals surface area contributed by atoms with Gasteiger partial charge in [0.15, 0.2) is 0 Å². The Morgan fingerprint density at radius 1 is 0.333 bits per heavy atom. The third-order valence-electron chi connectivity index (χ3n) is 5.41. The Hall–Kier alpha value is -0.480. The van der Waals surface area contributed by atoms with E-state index in [1.54, 1.807) is 0 Å². The predicted molar refractivity (Wildman–Crippen MR) is 156 cm³/mol. The van der Waals surface area contributed by atoms with Crippen LogP contribution in [-0.2, 0) is 0 Å². The van der Waals surface area contributed by atoms with Gasteiger partial charge in [-0.3, -0.25) is 0 Å². The molecule has 14 N–H and O–H groups in total. The van der Waals surface area contributed by atoms with Crippen LogP contribution < -0.4 is 64.6 Å². The summed E-state index contributed by atoms with van der Waals surface area (Å²) in [6.07, 6.45) is 2.44. The summed E-state index contributed by atoms with van der Waals surface area (Å²) in [6, 6.07) is 0. The minimum absolute atomic E-state index is 0.705. The number of nitrogens with one attached hydrogen (secondary N) is 10. The van der Waals surface area contributed by atoms with Crippen LogP contribution in [0.15, 0.2) is 0 Å². The summed E-state index contributed by atoms with van der Waals surface area (Å²) in [5.74, 6) is 0. The molecule has 0 saturated carbocycles. The SMILES string of the molecule is C1CNCCNCCCNCCNC1.C1CNCCNCCNCCN1.NCCNCCNCCN. The molecule has 0 radical (unpaired) electrons. The number of hydrogen-bond acceptors (Lipinski definition) is 12. The van der Waals surface area contributed by atoms with Crippen LogP contribution in [0.3, 0.4) is 0 Å². The lowest BCUT2D eigenvalue weighted by Gasteiger charge is -2.11. The van der Waals surface area contributed by atoms with E-state index in [-0.39, 0.29) is 0 Å². The van der Waals surface area contributed by atoms with Gasteiger partial charge in [0.25, 0.3) is 0 Å². The highest BCUT2D eigenvalue weighted by Gasteiger charge is 1.94. The average molecular weight is 519 g/mol. The van der Waals surface area contributed by atoms with Crippen molar-refractivity contribution in [2.45, 2.75) is 12.8 Å². The van der Waals surface area contributed by atoms with E-state index < -0.39 is 0 Å². The molecule has 0 aromatic heterocycles. The first-order valence-corrected chi connectivity index (χ1v) is 14.4. The normalized spacial score (nSPS) is 20.2. The Labute approximate surface area is 221 Å². The Bertz CT molecular complexity index is 275. The van der Waals surface area contributed by atoms with Crippen molar-refractivity contribution in [2.75, 3.05) is 144 Å². The van der Waals surface area contributed by atoms with E-state index in [0.717, 1.165) is 131 Å². The molecule has 218 valence electrons. The first kappa shape index (κ1) is 35.5. The molecule has 0 aromatic carbocycles. The number of hydrogen-bond donors (Lipinski definition) is 12. The summed E-state index contributed by atoms with van der Waals surface area (Å²) in [4.78, 5) is 0. The maximum Gasteiger partial charge on any atom is 0.00772 e. The lowest BCUT2D eigenvalue weighted by atomic mass is 10.3. The molecule has 2 aliphatic heterocycles. The maximum absolute atomic E-state index is 5.27. The lowest BCUT2D eigenvalue weighted by molar-refractivity contribution is 0.530. The van der Waals surface area contributed by atoms with Crippen molar-refractivity contribution in [3.8, 4) is 0 Å². The maximum atomic E-state index is 5.27. The van der Waals surface area contributed by atoms with Crippen molar-refractivity contribution in [1.29, 1.82) is 0 Å². The van der Waals surface area contributed by atoms with Gasteiger partial charge in [-0.1, -0.05) is 0 Å². The minimum atomic E-state index is 0.705. The predicted octanol–water partition coefficient (Wildman–Crippen LogP) is -4.42. The van der Waals surface area contributed by atoms with E-state index in [4.69, 9.17) is 11.5 Å². The van der Waals surface area contributed by atoms with Crippen molar-refractivity contribution in [1.82, 2.24) is 53.2 Å². The first-order chi connectivity index (χ1) is 17.9. The van der Waals surface area contributed by atoms with Crippen molar-refractivity contribution in [3.05, 3.63) is 0 Å². The van der Waals surface area contributed by atoms with Crippen molar-refractivity contribution in [2.24, 2.45) is 11.5 Å². The van der Waals surface area contributed by atoms with Crippen LogP contribution >= 0.6 is 0 Å². The van der Waals surface area contributed by atoms with E-state index >= 15 is 0 Å². The molecule has 12 nitrogen and oxygen atoms in total. The number of rotatable bonds is 7. The number of nitrogens with two attached hydrogens (primary N) is 2. The molecular formula is C24H62N12. The highest BCUT2D eigenvalue weighted by atomic mass is 15.0. The molecule has 2 fully saturated rings. The molecular weight excluding hydrogens is 456 g/mol. The third-order valence-corrected chi connectivity index (χ3v) is 5.41. The lowest BCUT2D eigenvalue weighted by Crippen LogP contribution is -2.39. The molecule has 12 heteroatoms. The minimum Gasteiger partial charge on any atom is -0.329 e. The van der Waals surface area contributed by atoms with E-state index in [1.165, 1.54) is 12.8 Å². The zero-order valence-corrected chi connectivity index (χ0v) is 23.1. The van der Waals surface area contributed by atoms with Crippen LogP contribution in [0.25, 0.3) is 0 Å². The Kier molecular flexibility index (Phi) is 34.1. The summed E-state index contributed by atoms with van der Waals surface area (Å²) in [5.41, 5.74) is 10.5. The Morgan fingerprint density at radius 2 is 0.556 bits per heavy atom. The molecule has 2 rings (SSSR count). The monoisotopic (exact) mass is 519 g/mol. The molecule has 0 atom stereocenters. The molecule has 2 heterocycles. The van der Waals surface area contributed by atoms with Crippen LogP contribution in [0.2, 0.25) is 0 Å². The second-order valence-corrected chi connectivity index (χ2v) is 8.78. The summed E-state index contributed by atoms with van der Waals surface area (Å²) in [7, 11) is 0. The Balaban J connectivity index is 0.000000519. The summed E-state index contributed by atoms with van der Waals surface area (Å²) in [5, 5.41) is 33.4. The van der Waals surface area contributed by atoms with Gasteiger partial charge in [-0.25, -0.2) is 0 Å². The quantitative estimate of drug-likeness (QED) is 0.146. The van der Waals surface area contributed by atoms with Gasteiger partial charge < -0.3 is 64.6 Å². The van der Waals surface area contributed by atoms with Gasteiger partial charge in [0.2, 0.25) is 0 Å². The van der Waals surface area contributed by atoms with Crippen LogP contribution in [0.1, 0.15) is 12.8 Å². The van der Waals surface area contributed by atoms with Gasteiger partial charge in [0.05, 0.1) is 0 Å². The molecule has 0 amide bonds. The molecule has 0 bridgehead atoms. The summed E-state index contributed by atoms with van der Waals surface area (Å²) < 4.78 is 0. The summed E-state index contributed by atoms with van der Waals surface area (Å²) in [6.45, 7) is 22.6. The molecule has 2 aliphatic rings. The van der Waals surface area contributed by atoms with Crippen LogP contribution in [0.5, 0.6) is 0 Å². The van der Waals surface area contributed by atoms with Crippen molar-refractivity contribution in [3.63, 3.8) is 0 Å². The van der Waals surface area contributed by atoms with Crippen molar-refractivity contribution >= 4 is 0 Å². The molecule has 0 unspecified atom stereocenters. The van der Waals surface area contributed by atoms with Crippen LogP contribution in [0, 0.1) is 0 Å². The third kappa shape index (κ3) is 33.5. The molecule has 2 saturated heterocycles. The summed E-state index contributed by atoms with van der Waals surface area (Å²) >= 11 is 0. The van der Waals surface area contributed by atoms with Crippen LogP contribution in [-0.4, -0.2) is 144 Å². The van der Waals surface area contributed by atoms with Gasteiger partial charge in [0.1, 0.15) is 0 Å². The zero-order chi connectivity index (χ0) is 26.0. The molecule has 0 aromatic rings. The van der Waals surface area contributed by atoms with Crippen molar-refractivity contribution < 1.29 is 0 Å². The first-order valence-electron chi connectivity index (χ1n) is 14.4. The highest BCUT2D eigenvalue weighted by Crippen LogP contribution is 1.76.